The van der Waals surface area contributed by atoms with Gasteiger partial charge in [0.25, 0.3) is 5.52 Å². The number of nitrogens with one attached hydrogen (secondary N) is 1. The molecule has 0 amide bonds. The van der Waals surface area contributed by atoms with E-state index in [0.717, 1.165) is 6.33 Å². The minimum Gasteiger partial charge on any atom is -0.614 e. The topological polar surface area (TPSA) is 112 Å². The summed E-state index contributed by atoms with van der Waals surface area (Å²) in [5, 5.41) is 34.8. The number of nitrogen functional groups attached to an aromatic ring is 1. The first-order chi connectivity index (χ1) is 8.13. The summed E-state index contributed by atoms with van der Waals surface area (Å²) in [6, 6.07) is 3.24. The van der Waals surface area contributed by atoms with Crippen molar-refractivity contribution >= 4 is 22.3 Å². The van der Waals surface area contributed by atoms with Crippen molar-refractivity contribution in [2.45, 2.75) is 0 Å². The van der Waals surface area contributed by atoms with E-state index >= 15 is 0 Å². The predicted octanol–water partition coefficient (Wildman–Crippen LogP) is -0.907. The second-order valence-corrected chi connectivity index (χ2v) is 3.55. The lowest BCUT2D eigenvalue weighted by Crippen LogP contribution is -2.41. The molecule has 0 unspecified atom stereocenters. The predicted molar refractivity (Wildman–Crippen MR) is 61.9 cm³/mol. The van der Waals surface area contributed by atoms with Crippen LogP contribution in [-0.2, 0) is 0 Å². The smallest absolute Gasteiger partial charge is 0.430 e. The number of aliphatic hydroxyl groups is 1. The Morgan fingerprint density at radius 1 is 1.35 bits per heavy atom. The Morgan fingerprint density at radius 3 is 2.82 bits per heavy atom. The van der Waals surface area contributed by atoms with Gasteiger partial charge in [0.1, 0.15) is 11.1 Å². The first kappa shape index (κ1) is 11.2. The van der Waals surface area contributed by atoms with E-state index in [0.29, 0.717) is 32.8 Å². The van der Waals surface area contributed by atoms with E-state index in [2.05, 4.69) is 5.32 Å². The van der Waals surface area contributed by atoms with Crippen LogP contribution in [0.3, 0.4) is 0 Å². The minimum absolute atomic E-state index is 0.0564. The molecule has 0 aliphatic rings. The van der Waals surface area contributed by atoms with Crippen LogP contribution in [0.15, 0.2) is 24.7 Å². The van der Waals surface area contributed by atoms with Crippen LogP contribution in [0.5, 0.6) is 0 Å². The van der Waals surface area contributed by atoms with Crippen LogP contribution in [0.1, 0.15) is 0 Å². The molecule has 2 rings (SSSR count). The van der Waals surface area contributed by atoms with Crippen molar-refractivity contribution < 1.29 is 14.6 Å². The van der Waals surface area contributed by atoms with Gasteiger partial charge in [-0.1, -0.05) is 0 Å². The van der Waals surface area contributed by atoms with Crippen LogP contribution in [0.2, 0.25) is 0 Å². The average molecular weight is 236 g/mol. The van der Waals surface area contributed by atoms with Crippen LogP contribution < -0.4 is 20.5 Å². The molecule has 0 saturated heterocycles. The normalized spacial score (nSPS) is 10.6. The lowest BCUT2D eigenvalue weighted by molar-refractivity contribution is -0.730. The summed E-state index contributed by atoms with van der Waals surface area (Å²) in [7, 11) is 0. The van der Waals surface area contributed by atoms with Gasteiger partial charge in [0.05, 0.1) is 12.3 Å². The molecule has 0 aliphatic heterocycles. The zero-order chi connectivity index (χ0) is 12.4. The molecule has 7 nitrogen and oxygen atoms in total. The number of hydrogen-bond donors (Lipinski definition) is 3. The Kier molecular flexibility index (Phi) is 2.84. The number of benzene rings is 1. The third kappa shape index (κ3) is 2.00. The van der Waals surface area contributed by atoms with Gasteiger partial charge in [0, 0.05) is 6.54 Å². The highest BCUT2D eigenvalue weighted by Gasteiger charge is 2.16. The number of aliphatic hydroxyl groups excluding tert-OH is 1. The molecular formula is C10H12N4O3. The summed E-state index contributed by atoms with van der Waals surface area (Å²) in [6.45, 7) is 0.254. The molecule has 0 bridgehead atoms. The number of aromatic nitrogens is 2. The SMILES string of the molecule is Nc1ccc(NCCO)c2c1c[n+]([O-])c[n+]2[O-]. The Labute approximate surface area is 96.9 Å². The van der Waals surface area contributed by atoms with E-state index in [4.69, 9.17) is 10.8 Å². The highest BCUT2D eigenvalue weighted by Crippen LogP contribution is 2.23. The maximum absolute atomic E-state index is 11.7. The molecule has 1 heterocycles. The van der Waals surface area contributed by atoms with Crippen molar-refractivity contribution in [3.63, 3.8) is 0 Å². The van der Waals surface area contributed by atoms with Gasteiger partial charge in [-0.25, -0.2) is 0 Å². The van der Waals surface area contributed by atoms with Crippen molar-refractivity contribution in [2.75, 3.05) is 24.2 Å². The molecule has 0 radical (unpaired) electrons. The van der Waals surface area contributed by atoms with E-state index in [9.17, 15) is 10.4 Å². The van der Waals surface area contributed by atoms with Crippen molar-refractivity contribution in [1.29, 1.82) is 0 Å². The van der Waals surface area contributed by atoms with E-state index in [1.165, 1.54) is 6.20 Å². The maximum Gasteiger partial charge on any atom is 0.430 e. The molecular weight excluding hydrogens is 224 g/mol. The van der Waals surface area contributed by atoms with Gasteiger partial charge in [-0.2, -0.15) is 0 Å². The third-order valence-corrected chi connectivity index (χ3v) is 2.37. The molecule has 90 valence electrons. The Balaban J connectivity index is 2.66. The highest BCUT2D eigenvalue weighted by molar-refractivity contribution is 5.95. The average Bonchev–Trinajstić information content (AvgIpc) is 2.28. The van der Waals surface area contributed by atoms with Crippen molar-refractivity contribution in [3.05, 3.63) is 35.1 Å². The van der Waals surface area contributed by atoms with Gasteiger partial charge in [-0.3, -0.25) is 0 Å². The molecule has 0 fully saturated rings. The van der Waals surface area contributed by atoms with E-state index in [1.807, 2.05) is 0 Å². The number of nitrogens with two attached hydrogens (primary N) is 1. The van der Waals surface area contributed by atoms with Crippen LogP contribution in [0, 0.1) is 10.4 Å². The number of anilines is 2. The molecule has 4 N–H and O–H groups in total. The molecule has 0 spiro atoms. The zero-order valence-corrected chi connectivity index (χ0v) is 8.96. The van der Waals surface area contributed by atoms with Gasteiger partial charge >= 0.3 is 6.33 Å². The standard InChI is InChI=1S/C10H12N4O3/c11-8-1-2-9(12-3-4-15)10-7(8)5-13(16)6-14(10)17/h1-2,5-6,12,15H,3-4,11H2. The molecule has 0 aliphatic carbocycles. The third-order valence-electron chi connectivity index (χ3n) is 2.37. The molecule has 2 aromatic rings. The quantitative estimate of drug-likeness (QED) is 0.363. The van der Waals surface area contributed by atoms with Crippen LogP contribution in [0.4, 0.5) is 11.4 Å². The van der Waals surface area contributed by atoms with Gasteiger partial charge in [0.2, 0.25) is 6.20 Å². The largest absolute Gasteiger partial charge is 0.614 e. The molecule has 0 saturated carbocycles. The number of hydrogen-bond acceptors (Lipinski definition) is 5. The molecule has 1 aromatic heterocycles. The first-order valence-corrected chi connectivity index (χ1v) is 5.02. The van der Waals surface area contributed by atoms with Gasteiger partial charge in [0.15, 0.2) is 0 Å². The summed E-state index contributed by atoms with van der Waals surface area (Å²) < 4.78 is 0.861. The first-order valence-electron chi connectivity index (χ1n) is 5.02. The fourth-order valence-electron chi connectivity index (χ4n) is 1.65. The Bertz CT molecular complexity index is 559. The Hall–Kier alpha value is -2.28. The summed E-state index contributed by atoms with van der Waals surface area (Å²) in [5.74, 6) is 0. The second kappa shape index (κ2) is 4.30. The summed E-state index contributed by atoms with van der Waals surface area (Å²) in [5.41, 5.74) is 6.87. The monoisotopic (exact) mass is 236 g/mol. The van der Waals surface area contributed by atoms with Gasteiger partial charge < -0.3 is 26.6 Å². The van der Waals surface area contributed by atoms with Gasteiger partial charge in [-0.15, -0.1) is 9.46 Å². The highest BCUT2D eigenvalue weighted by atomic mass is 16.5. The van der Waals surface area contributed by atoms with E-state index in [-0.39, 0.29) is 12.1 Å². The lowest BCUT2D eigenvalue weighted by Gasteiger charge is -2.09. The molecule has 7 heteroatoms. The number of fused-ring (bicyclic) bond motifs is 1. The molecule has 0 atom stereocenters. The van der Waals surface area contributed by atoms with Crippen LogP contribution >= 0.6 is 0 Å². The van der Waals surface area contributed by atoms with Crippen molar-refractivity contribution in [1.82, 2.24) is 0 Å². The fraction of sp³-hybridized carbons (Fsp3) is 0.200. The van der Waals surface area contributed by atoms with Crippen molar-refractivity contribution in [2.24, 2.45) is 0 Å². The van der Waals surface area contributed by atoms with Gasteiger partial charge in [-0.05, 0) is 12.1 Å². The maximum atomic E-state index is 11.7. The number of nitrogens with zero attached hydrogens (tertiary/aromatic N) is 2. The molecule has 1 aromatic carbocycles. The number of rotatable bonds is 3. The second-order valence-electron chi connectivity index (χ2n) is 3.55. The zero-order valence-electron chi connectivity index (χ0n) is 8.96. The summed E-state index contributed by atoms with van der Waals surface area (Å²) in [6.07, 6.45) is 2.11. The Morgan fingerprint density at radius 2 is 2.12 bits per heavy atom. The summed E-state index contributed by atoms with van der Waals surface area (Å²) >= 11 is 0. The lowest BCUT2D eigenvalue weighted by atomic mass is 10.2. The molecule has 17 heavy (non-hydrogen) atoms. The van der Waals surface area contributed by atoms with Crippen molar-refractivity contribution in [3.8, 4) is 0 Å². The van der Waals surface area contributed by atoms with E-state index < -0.39 is 0 Å². The summed E-state index contributed by atoms with van der Waals surface area (Å²) in [4.78, 5) is 0. The van der Waals surface area contributed by atoms with Crippen LogP contribution in [0.25, 0.3) is 10.9 Å². The minimum atomic E-state index is -0.0564. The van der Waals surface area contributed by atoms with E-state index in [1.54, 1.807) is 12.1 Å². The fourth-order valence-corrected chi connectivity index (χ4v) is 1.65. The van der Waals surface area contributed by atoms with Crippen LogP contribution in [-0.4, -0.2) is 18.3 Å².